The molecule has 0 bridgehead atoms. The molecule has 30 heavy (non-hydrogen) atoms. The van der Waals surface area contributed by atoms with Crippen LogP contribution in [0.5, 0.6) is 0 Å². The quantitative estimate of drug-likeness (QED) is 0.588. The van der Waals surface area contributed by atoms with E-state index >= 15 is 0 Å². The second-order valence-corrected chi connectivity index (χ2v) is 6.59. The number of alkyl halides is 2. The van der Waals surface area contributed by atoms with Crippen molar-refractivity contribution in [3.05, 3.63) is 76.0 Å². The van der Waals surface area contributed by atoms with Gasteiger partial charge in [-0.1, -0.05) is 0 Å². The minimum atomic E-state index is -2.77. The highest BCUT2D eigenvalue weighted by molar-refractivity contribution is 5.92. The molecule has 0 radical (unpaired) electrons. The lowest BCUT2D eigenvalue weighted by Gasteiger charge is -2.09. The molecule has 0 aliphatic carbocycles. The summed E-state index contributed by atoms with van der Waals surface area (Å²) in [6.07, 6.45) is -1.10. The molecule has 0 aliphatic rings. The average Bonchev–Trinajstić information content (AvgIpc) is 3.04. The standard InChI is InChI=1S/C21H20F3N3O3/c1-3-30-21(29)19-12(2)26-27(17(19)11-28)18-9-13(4-5-25-18)6-14-7-15(20(23)24)10-16(22)8-14/h4-5,7-10,20,28H,3,6,11H2,1-2H3. The zero-order valence-corrected chi connectivity index (χ0v) is 16.4. The maximum absolute atomic E-state index is 13.7. The minimum Gasteiger partial charge on any atom is -0.462 e. The summed E-state index contributed by atoms with van der Waals surface area (Å²) < 4.78 is 45.9. The summed E-state index contributed by atoms with van der Waals surface area (Å²) in [6.45, 7) is 3.00. The summed E-state index contributed by atoms with van der Waals surface area (Å²) in [5.74, 6) is -1.01. The van der Waals surface area contributed by atoms with Gasteiger partial charge in [0.2, 0.25) is 0 Å². The molecule has 0 aliphatic heterocycles. The van der Waals surface area contributed by atoms with Crippen molar-refractivity contribution >= 4 is 5.97 Å². The number of aryl methyl sites for hydroxylation is 1. The number of nitrogens with zero attached hydrogens (tertiary/aromatic N) is 3. The molecule has 0 saturated heterocycles. The molecule has 2 heterocycles. The first-order valence-electron chi connectivity index (χ1n) is 9.23. The first-order valence-corrected chi connectivity index (χ1v) is 9.23. The Hall–Kier alpha value is -3.20. The van der Waals surface area contributed by atoms with Crippen molar-refractivity contribution in [2.45, 2.75) is 33.3 Å². The zero-order valence-electron chi connectivity index (χ0n) is 16.4. The fourth-order valence-electron chi connectivity index (χ4n) is 3.20. The number of carbonyl (C=O) groups is 1. The van der Waals surface area contributed by atoms with Crippen molar-refractivity contribution in [2.75, 3.05) is 6.61 Å². The Morgan fingerprint density at radius 2 is 2.00 bits per heavy atom. The summed E-state index contributed by atoms with van der Waals surface area (Å²) in [5.41, 5.74) is 1.42. The number of aliphatic hydroxyl groups excluding tert-OH is 1. The first kappa shape index (κ1) is 21.5. The Morgan fingerprint density at radius 1 is 1.23 bits per heavy atom. The second-order valence-electron chi connectivity index (χ2n) is 6.59. The monoisotopic (exact) mass is 419 g/mol. The van der Waals surface area contributed by atoms with Gasteiger partial charge in [0.15, 0.2) is 5.82 Å². The largest absolute Gasteiger partial charge is 0.462 e. The minimum absolute atomic E-state index is 0.165. The third kappa shape index (κ3) is 4.51. The van der Waals surface area contributed by atoms with E-state index in [9.17, 15) is 23.1 Å². The van der Waals surface area contributed by atoms with Crippen LogP contribution in [0.3, 0.4) is 0 Å². The summed E-state index contributed by atoms with van der Waals surface area (Å²) in [4.78, 5) is 16.4. The van der Waals surface area contributed by atoms with Crippen LogP contribution in [-0.2, 0) is 17.8 Å². The van der Waals surface area contributed by atoms with Gasteiger partial charge >= 0.3 is 5.97 Å². The van der Waals surface area contributed by atoms with E-state index in [4.69, 9.17) is 4.74 Å². The molecular formula is C21H20F3N3O3. The fourth-order valence-corrected chi connectivity index (χ4v) is 3.20. The molecule has 3 aromatic rings. The number of halogens is 3. The Balaban J connectivity index is 1.97. The van der Waals surface area contributed by atoms with Crippen LogP contribution in [0.25, 0.3) is 5.82 Å². The van der Waals surface area contributed by atoms with Gasteiger partial charge in [0.25, 0.3) is 6.43 Å². The highest BCUT2D eigenvalue weighted by Gasteiger charge is 2.23. The van der Waals surface area contributed by atoms with E-state index < -0.39 is 24.8 Å². The predicted molar refractivity (Wildman–Crippen MR) is 102 cm³/mol. The van der Waals surface area contributed by atoms with Crippen molar-refractivity contribution in [2.24, 2.45) is 0 Å². The molecule has 0 spiro atoms. The molecule has 1 N–H and O–H groups in total. The number of esters is 1. The van der Waals surface area contributed by atoms with Gasteiger partial charge in [-0.2, -0.15) is 5.10 Å². The number of rotatable bonds is 7. The van der Waals surface area contributed by atoms with Crippen LogP contribution in [0.2, 0.25) is 0 Å². The molecule has 0 atom stereocenters. The van der Waals surface area contributed by atoms with Crippen LogP contribution < -0.4 is 0 Å². The molecule has 2 aromatic heterocycles. The van der Waals surface area contributed by atoms with Crippen LogP contribution >= 0.6 is 0 Å². The Kier molecular flexibility index (Phi) is 6.51. The van der Waals surface area contributed by atoms with E-state index in [0.29, 0.717) is 22.6 Å². The number of benzene rings is 1. The molecule has 0 unspecified atom stereocenters. The van der Waals surface area contributed by atoms with E-state index in [0.717, 1.165) is 6.07 Å². The lowest BCUT2D eigenvalue weighted by atomic mass is 10.0. The highest BCUT2D eigenvalue weighted by Crippen LogP contribution is 2.24. The third-order valence-electron chi connectivity index (χ3n) is 4.45. The lowest BCUT2D eigenvalue weighted by molar-refractivity contribution is 0.0521. The molecule has 0 amide bonds. The summed E-state index contributed by atoms with van der Waals surface area (Å²) in [6, 6.07) is 6.56. The summed E-state index contributed by atoms with van der Waals surface area (Å²) in [5, 5.41) is 14.1. The van der Waals surface area contributed by atoms with Crippen LogP contribution in [0, 0.1) is 12.7 Å². The fraction of sp³-hybridized carbons (Fsp3) is 0.286. The van der Waals surface area contributed by atoms with E-state index in [1.807, 2.05) is 0 Å². The van der Waals surface area contributed by atoms with Gasteiger partial charge in [-0.3, -0.25) is 0 Å². The SMILES string of the molecule is CCOC(=O)c1c(C)nn(-c2cc(Cc3cc(F)cc(C(F)F)c3)ccn2)c1CO. The normalized spacial score (nSPS) is 11.2. The second kappa shape index (κ2) is 9.08. The van der Waals surface area contributed by atoms with Crippen molar-refractivity contribution in [3.8, 4) is 5.82 Å². The number of aromatic nitrogens is 3. The van der Waals surface area contributed by atoms with E-state index in [1.54, 1.807) is 26.0 Å². The number of pyridine rings is 1. The number of carbonyl (C=O) groups excluding carboxylic acids is 1. The Morgan fingerprint density at radius 3 is 2.67 bits per heavy atom. The van der Waals surface area contributed by atoms with E-state index in [2.05, 4.69) is 10.1 Å². The van der Waals surface area contributed by atoms with E-state index in [1.165, 1.54) is 23.0 Å². The average molecular weight is 419 g/mol. The van der Waals surface area contributed by atoms with Crippen molar-refractivity contribution in [1.82, 2.24) is 14.8 Å². The highest BCUT2D eigenvalue weighted by atomic mass is 19.3. The van der Waals surface area contributed by atoms with Gasteiger partial charge in [-0.25, -0.2) is 27.6 Å². The Labute approximate surface area is 170 Å². The van der Waals surface area contributed by atoms with Gasteiger partial charge in [0.1, 0.15) is 11.4 Å². The molecule has 0 saturated carbocycles. The molecule has 158 valence electrons. The van der Waals surface area contributed by atoms with Crippen molar-refractivity contribution < 1.29 is 27.8 Å². The molecular weight excluding hydrogens is 399 g/mol. The maximum atomic E-state index is 13.7. The molecule has 9 heteroatoms. The summed E-state index contributed by atoms with van der Waals surface area (Å²) >= 11 is 0. The number of aliphatic hydroxyl groups is 1. The van der Waals surface area contributed by atoms with E-state index in [-0.39, 0.29) is 29.8 Å². The van der Waals surface area contributed by atoms with Gasteiger partial charge < -0.3 is 9.84 Å². The number of ether oxygens (including phenoxy) is 1. The van der Waals surface area contributed by atoms with Crippen LogP contribution in [0.4, 0.5) is 13.2 Å². The van der Waals surface area contributed by atoms with Crippen LogP contribution in [0.15, 0.2) is 36.5 Å². The topological polar surface area (TPSA) is 77.2 Å². The first-order chi connectivity index (χ1) is 14.3. The number of hydrogen-bond acceptors (Lipinski definition) is 5. The molecule has 0 fully saturated rings. The predicted octanol–water partition coefficient (Wildman–Crippen LogP) is 3.91. The number of hydrogen-bond donors (Lipinski definition) is 1. The van der Waals surface area contributed by atoms with Gasteiger partial charge in [-0.05, 0) is 61.7 Å². The summed E-state index contributed by atoms with van der Waals surface area (Å²) in [7, 11) is 0. The van der Waals surface area contributed by atoms with Crippen molar-refractivity contribution in [3.63, 3.8) is 0 Å². The molecule has 6 nitrogen and oxygen atoms in total. The molecule has 1 aromatic carbocycles. The maximum Gasteiger partial charge on any atom is 0.342 e. The van der Waals surface area contributed by atoms with Crippen LogP contribution in [0.1, 0.15) is 51.8 Å². The van der Waals surface area contributed by atoms with Gasteiger partial charge in [0, 0.05) is 11.8 Å². The van der Waals surface area contributed by atoms with Crippen LogP contribution in [-0.4, -0.2) is 32.4 Å². The Bertz CT molecular complexity index is 1070. The lowest BCUT2D eigenvalue weighted by Crippen LogP contribution is -2.11. The molecule has 3 rings (SSSR count). The van der Waals surface area contributed by atoms with Gasteiger partial charge in [-0.15, -0.1) is 0 Å². The van der Waals surface area contributed by atoms with Crippen molar-refractivity contribution in [1.29, 1.82) is 0 Å². The van der Waals surface area contributed by atoms with Gasteiger partial charge in [0.05, 0.1) is 24.6 Å². The smallest absolute Gasteiger partial charge is 0.342 e. The zero-order chi connectivity index (χ0) is 21.8. The third-order valence-corrected chi connectivity index (χ3v) is 4.45.